The van der Waals surface area contributed by atoms with Crippen molar-refractivity contribution in [3.05, 3.63) is 126 Å². The van der Waals surface area contributed by atoms with Crippen LogP contribution in [0.3, 0.4) is 0 Å². The van der Waals surface area contributed by atoms with Gasteiger partial charge < -0.3 is 0 Å². The van der Waals surface area contributed by atoms with Crippen LogP contribution in [0.25, 0.3) is 22.8 Å². The first kappa shape index (κ1) is 28.6. The molecule has 0 bridgehead atoms. The maximum Gasteiger partial charge on any atom is 0.190 e. The summed E-state index contributed by atoms with van der Waals surface area (Å²) in [7, 11) is 0. The van der Waals surface area contributed by atoms with Gasteiger partial charge in [-0.2, -0.15) is 0 Å². The van der Waals surface area contributed by atoms with Gasteiger partial charge in [0.1, 0.15) is 0 Å². The van der Waals surface area contributed by atoms with E-state index in [9.17, 15) is 9.59 Å². The molecule has 0 aliphatic heterocycles. The zero-order valence-electron chi connectivity index (χ0n) is 22.8. The van der Waals surface area contributed by atoms with E-state index in [-0.39, 0.29) is 10.2 Å². The topological polar surface area (TPSA) is 72.8 Å². The number of hydrogen-bond donors (Lipinski definition) is 0. The van der Waals surface area contributed by atoms with Gasteiger partial charge in [0.25, 0.3) is 0 Å². The summed E-state index contributed by atoms with van der Waals surface area (Å²) in [6.45, 7) is 3.10. The third-order valence-corrected chi connectivity index (χ3v) is 7.33. The average molecular weight is 582 g/mol. The molecule has 0 spiro atoms. The molecule has 0 radical (unpaired) electrons. The Labute approximate surface area is 253 Å². The Bertz CT molecular complexity index is 1720. The predicted octanol–water partition coefficient (Wildman–Crippen LogP) is 7.28. The standard InChI is InChI=1S/C35H23N3O2S2/c1-24(39)41-30-16-10-26(11-17-30)6-8-28-14-20-32(36-22-28)34-4-3-5-35(38-34)33-21-15-29(23-37-33)9-7-27-12-18-31(19-13-27)42-25(2)40/h3-5,10-23H,1-2H3. The molecule has 0 fully saturated rings. The molecule has 202 valence electrons. The molecule has 0 atom stereocenters. The number of carbonyl (C=O) groups excluding carboxylic acids is 2. The van der Waals surface area contributed by atoms with Crippen LogP contribution in [0, 0.1) is 23.7 Å². The zero-order valence-corrected chi connectivity index (χ0v) is 24.4. The second kappa shape index (κ2) is 13.6. The first-order valence-electron chi connectivity index (χ1n) is 12.9. The minimum absolute atomic E-state index is 0.0566. The van der Waals surface area contributed by atoms with Crippen LogP contribution in [0.2, 0.25) is 0 Å². The van der Waals surface area contributed by atoms with Crippen molar-refractivity contribution in [1.82, 2.24) is 15.0 Å². The fourth-order valence-corrected chi connectivity index (χ4v) is 5.00. The lowest BCUT2D eigenvalue weighted by Crippen LogP contribution is -1.92. The summed E-state index contributed by atoms with van der Waals surface area (Å²) in [6.07, 6.45) is 3.47. The molecular weight excluding hydrogens is 559 g/mol. The number of thioether (sulfide) groups is 2. The number of nitrogens with zero attached hydrogens (tertiary/aromatic N) is 3. The summed E-state index contributed by atoms with van der Waals surface area (Å²) in [6, 6.07) is 28.6. The Morgan fingerprint density at radius 3 is 1.24 bits per heavy atom. The number of carbonyl (C=O) groups is 2. The average Bonchev–Trinajstić information content (AvgIpc) is 3.00. The molecule has 0 saturated carbocycles. The Morgan fingerprint density at radius 1 is 0.500 bits per heavy atom. The van der Waals surface area contributed by atoms with Gasteiger partial charge in [-0.05, 0) is 84.9 Å². The predicted molar refractivity (Wildman–Crippen MR) is 169 cm³/mol. The molecule has 0 N–H and O–H groups in total. The minimum Gasteiger partial charge on any atom is -0.287 e. The quantitative estimate of drug-likeness (QED) is 0.163. The lowest BCUT2D eigenvalue weighted by Gasteiger charge is -2.04. The lowest BCUT2D eigenvalue weighted by molar-refractivity contribution is -0.109. The smallest absolute Gasteiger partial charge is 0.190 e. The van der Waals surface area contributed by atoms with Gasteiger partial charge in [-0.15, -0.1) is 0 Å². The van der Waals surface area contributed by atoms with Crippen molar-refractivity contribution in [2.45, 2.75) is 23.6 Å². The largest absolute Gasteiger partial charge is 0.287 e. The summed E-state index contributed by atoms with van der Waals surface area (Å²) in [4.78, 5) is 38.2. The van der Waals surface area contributed by atoms with Gasteiger partial charge in [0.05, 0.1) is 22.8 Å². The van der Waals surface area contributed by atoms with Gasteiger partial charge in [0, 0.05) is 58.3 Å². The summed E-state index contributed by atoms with van der Waals surface area (Å²) in [5.41, 5.74) is 6.27. The molecule has 7 heteroatoms. The lowest BCUT2D eigenvalue weighted by atomic mass is 10.1. The summed E-state index contributed by atoms with van der Waals surface area (Å²) >= 11 is 2.41. The number of rotatable bonds is 4. The molecule has 2 aromatic carbocycles. The Hall–Kier alpha value is -4.95. The number of pyridine rings is 3. The van der Waals surface area contributed by atoms with Crippen LogP contribution in [0.4, 0.5) is 0 Å². The highest BCUT2D eigenvalue weighted by molar-refractivity contribution is 8.13. The van der Waals surface area contributed by atoms with Crippen LogP contribution in [-0.4, -0.2) is 25.2 Å². The van der Waals surface area contributed by atoms with E-state index < -0.39 is 0 Å². The summed E-state index contributed by atoms with van der Waals surface area (Å²) < 4.78 is 0. The number of hydrogen-bond acceptors (Lipinski definition) is 7. The SMILES string of the molecule is CC(=O)Sc1ccc(C#Cc2ccc(-c3cccc(-c4ccc(C#Cc5ccc(SC(C)=O)cc5)cn4)n3)nc2)cc1. The van der Waals surface area contributed by atoms with E-state index in [1.807, 2.05) is 91.0 Å². The maximum atomic E-state index is 11.2. The van der Waals surface area contributed by atoms with Gasteiger partial charge in [0.15, 0.2) is 10.2 Å². The Balaban J connectivity index is 1.25. The van der Waals surface area contributed by atoms with Crippen LogP contribution in [0.5, 0.6) is 0 Å². The Morgan fingerprint density at radius 2 is 0.881 bits per heavy atom. The van der Waals surface area contributed by atoms with E-state index in [1.165, 1.54) is 23.5 Å². The monoisotopic (exact) mass is 581 g/mol. The van der Waals surface area contributed by atoms with Crippen molar-refractivity contribution >= 4 is 33.8 Å². The van der Waals surface area contributed by atoms with E-state index >= 15 is 0 Å². The highest BCUT2D eigenvalue weighted by atomic mass is 32.2. The van der Waals surface area contributed by atoms with Gasteiger partial charge in [-0.3, -0.25) is 19.6 Å². The van der Waals surface area contributed by atoms with Crippen molar-refractivity contribution in [1.29, 1.82) is 0 Å². The molecule has 3 aromatic heterocycles. The third-order valence-electron chi connectivity index (χ3n) is 5.74. The molecule has 5 nitrogen and oxygen atoms in total. The molecule has 0 saturated heterocycles. The molecule has 5 rings (SSSR count). The van der Waals surface area contributed by atoms with Crippen molar-refractivity contribution in [2.75, 3.05) is 0 Å². The van der Waals surface area contributed by atoms with Gasteiger partial charge in [-0.1, -0.05) is 53.3 Å². The molecule has 3 heterocycles. The highest BCUT2D eigenvalue weighted by Crippen LogP contribution is 2.22. The molecule has 0 aliphatic carbocycles. The van der Waals surface area contributed by atoms with E-state index in [0.717, 1.165) is 54.8 Å². The summed E-state index contributed by atoms with van der Waals surface area (Å²) in [5.74, 6) is 12.5. The molecule has 0 unspecified atom stereocenters. The molecular formula is C35H23N3O2S2. The zero-order chi connectivity index (χ0) is 29.3. The van der Waals surface area contributed by atoms with Gasteiger partial charge >= 0.3 is 0 Å². The van der Waals surface area contributed by atoms with Crippen molar-refractivity contribution in [2.24, 2.45) is 0 Å². The maximum absolute atomic E-state index is 11.2. The van der Waals surface area contributed by atoms with Crippen LogP contribution >= 0.6 is 23.5 Å². The number of aromatic nitrogens is 3. The van der Waals surface area contributed by atoms with Crippen molar-refractivity contribution < 1.29 is 9.59 Å². The summed E-state index contributed by atoms with van der Waals surface area (Å²) in [5, 5.41) is 0.113. The second-order valence-corrected chi connectivity index (χ2v) is 11.5. The van der Waals surface area contributed by atoms with Crippen molar-refractivity contribution in [3.8, 4) is 46.5 Å². The second-order valence-electron chi connectivity index (χ2n) is 9.01. The molecule has 0 aliphatic rings. The fourth-order valence-electron chi connectivity index (χ4n) is 3.79. The highest BCUT2D eigenvalue weighted by Gasteiger charge is 2.06. The van der Waals surface area contributed by atoms with Crippen LogP contribution in [-0.2, 0) is 9.59 Å². The van der Waals surface area contributed by atoms with E-state index in [2.05, 4.69) is 33.6 Å². The fraction of sp³-hybridized carbons (Fsp3) is 0.0571. The van der Waals surface area contributed by atoms with Crippen molar-refractivity contribution in [3.63, 3.8) is 0 Å². The molecule has 42 heavy (non-hydrogen) atoms. The Kier molecular flexibility index (Phi) is 9.26. The van der Waals surface area contributed by atoms with Gasteiger partial charge in [-0.25, -0.2) is 4.98 Å². The van der Waals surface area contributed by atoms with Crippen LogP contribution < -0.4 is 0 Å². The first-order chi connectivity index (χ1) is 20.4. The van der Waals surface area contributed by atoms with E-state index in [4.69, 9.17) is 4.98 Å². The van der Waals surface area contributed by atoms with E-state index in [0.29, 0.717) is 0 Å². The molecule has 0 amide bonds. The first-order valence-corrected chi connectivity index (χ1v) is 14.6. The third kappa shape index (κ3) is 8.05. The minimum atomic E-state index is 0.0566. The number of benzene rings is 2. The molecule has 5 aromatic rings. The normalized spacial score (nSPS) is 10.1. The van der Waals surface area contributed by atoms with Crippen LogP contribution in [0.15, 0.2) is 113 Å². The van der Waals surface area contributed by atoms with Crippen LogP contribution in [0.1, 0.15) is 36.1 Å². The van der Waals surface area contributed by atoms with E-state index in [1.54, 1.807) is 26.2 Å². The van der Waals surface area contributed by atoms with Gasteiger partial charge in [0.2, 0.25) is 0 Å².